The highest BCUT2D eigenvalue weighted by atomic mass is 35.5. The Morgan fingerprint density at radius 2 is 1.70 bits per heavy atom. The van der Waals surface area contributed by atoms with E-state index in [2.05, 4.69) is 15.5 Å². The van der Waals surface area contributed by atoms with Gasteiger partial charge in [0.2, 0.25) is 16.9 Å². The molecule has 1 N–H and O–H groups in total. The van der Waals surface area contributed by atoms with Gasteiger partial charge in [0.25, 0.3) is 0 Å². The van der Waals surface area contributed by atoms with Crippen LogP contribution in [0, 0.1) is 0 Å². The Labute approximate surface area is 225 Å². The molecule has 1 heterocycles. The van der Waals surface area contributed by atoms with Gasteiger partial charge in [-0.15, -0.1) is 10.2 Å². The Morgan fingerprint density at radius 1 is 1.00 bits per heavy atom. The zero-order valence-corrected chi connectivity index (χ0v) is 22.1. The van der Waals surface area contributed by atoms with Crippen LogP contribution in [0.2, 0.25) is 5.02 Å². The molecule has 3 aromatic carbocycles. The number of carbonyl (C=O) groups is 2. The van der Waals surface area contributed by atoms with Crippen LogP contribution >= 0.6 is 22.9 Å². The molecule has 9 heteroatoms. The average Bonchev–Trinajstić information content (AvgIpc) is 3.38. The lowest BCUT2D eigenvalue weighted by molar-refractivity contribution is -0.133. The van der Waals surface area contributed by atoms with Crippen LogP contribution in [0.5, 0.6) is 5.75 Å². The van der Waals surface area contributed by atoms with Gasteiger partial charge in [0.1, 0.15) is 10.8 Å². The summed E-state index contributed by atoms with van der Waals surface area (Å²) in [7, 11) is 1.61. The Balaban J connectivity index is 1.42. The third kappa shape index (κ3) is 7.15. The molecule has 1 aromatic heterocycles. The van der Waals surface area contributed by atoms with E-state index in [0.29, 0.717) is 15.2 Å². The standard InChI is InChI=1S/C28H27ClN4O3S/c1-19(21-6-4-3-5-7-21)33(26(35)18-20-8-14-24(36-2)15-9-20)17-16-25(34)30-28-32-31-27(37-28)22-10-12-23(29)13-11-22/h3-15,19H,16-18H2,1-2H3,(H,30,32,34). The van der Waals surface area contributed by atoms with Crippen molar-refractivity contribution in [2.45, 2.75) is 25.8 Å². The van der Waals surface area contributed by atoms with Crippen molar-refractivity contribution in [3.8, 4) is 16.3 Å². The van der Waals surface area contributed by atoms with Gasteiger partial charge in [0, 0.05) is 23.6 Å². The molecule has 190 valence electrons. The lowest BCUT2D eigenvalue weighted by Gasteiger charge is -2.30. The number of ether oxygens (including phenoxy) is 1. The normalized spacial score (nSPS) is 11.5. The van der Waals surface area contributed by atoms with Crippen molar-refractivity contribution in [1.82, 2.24) is 15.1 Å². The van der Waals surface area contributed by atoms with Gasteiger partial charge in [-0.05, 0) is 42.3 Å². The number of aromatic nitrogens is 2. The van der Waals surface area contributed by atoms with Crippen molar-refractivity contribution in [3.05, 3.63) is 95.0 Å². The van der Waals surface area contributed by atoms with E-state index in [1.165, 1.54) is 11.3 Å². The quantitative estimate of drug-likeness (QED) is 0.268. The van der Waals surface area contributed by atoms with E-state index in [1.807, 2.05) is 73.7 Å². The van der Waals surface area contributed by atoms with Crippen LogP contribution in [-0.2, 0) is 16.0 Å². The topological polar surface area (TPSA) is 84.4 Å². The van der Waals surface area contributed by atoms with Crippen molar-refractivity contribution in [2.24, 2.45) is 0 Å². The summed E-state index contributed by atoms with van der Waals surface area (Å²) in [4.78, 5) is 27.9. The molecule has 2 amide bonds. The lowest BCUT2D eigenvalue weighted by Crippen LogP contribution is -2.37. The number of carbonyl (C=O) groups excluding carboxylic acids is 2. The van der Waals surface area contributed by atoms with E-state index in [-0.39, 0.29) is 37.2 Å². The van der Waals surface area contributed by atoms with Gasteiger partial charge in [-0.25, -0.2) is 0 Å². The number of halogens is 1. The zero-order chi connectivity index (χ0) is 26.2. The SMILES string of the molecule is COc1ccc(CC(=O)N(CCC(=O)Nc2nnc(-c3ccc(Cl)cc3)s2)C(C)c2ccccc2)cc1. The van der Waals surface area contributed by atoms with E-state index in [0.717, 1.165) is 22.4 Å². The number of amides is 2. The van der Waals surface area contributed by atoms with Crippen molar-refractivity contribution in [1.29, 1.82) is 0 Å². The highest BCUT2D eigenvalue weighted by Gasteiger charge is 2.23. The summed E-state index contributed by atoms with van der Waals surface area (Å²) in [6.45, 7) is 2.24. The van der Waals surface area contributed by atoms with E-state index in [9.17, 15) is 9.59 Å². The van der Waals surface area contributed by atoms with E-state index >= 15 is 0 Å². The number of anilines is 1. The van der Waals surface area contributed by atoms with E-state index in [1.54, 1.807) is 24.1 Å². The minimum absolute atomic E-state index is 0.0599. The van der Waals surface area contributed by atoms with Crippen LogP contribution in [0.1, 0.15) is 30.5 Å². The van der Waals surface area contributed by atoms with E-state index < -0.39 is 0 Å². The summed E-state index contributed by atoms with van der Waals surface area (Å²) in [6.07, 6.45) is 0.352. The summed E-state index contributed by atoms with van der Waals surface area (Å²) in [5.41, 5.74) is 2.75. The predicted molar refractivity (Wildman–Crippen MR) is 147 cm³/mol. The minimum Gasteiger partial charge on any atom is -0.497 e. The number of rotatable bonds is 10. The van der Waals surface area contributed by atoms with Crippen LogP contribution in [0.15, 0.2) is 78.9 Å². The molecular formula is C28H27ClN4O3S. The van der Waals surface area contributed by atoms with Crippen molar-refractivity contribution >= 4 is 39.9 Å². The third-order valence-corrected chi connectivity index (χ3v) is 7.07. The van der Waals surface area contributed by atoms with Crippen molar-refractivity contribution < 1.29 is 14.3 Å². The lowest BCUT2D eigenvalue weighted by atomic mass is 10.0. The molecule has 4 rings (SSSR count). The van der Waals surface area contributed by atoms with Crippen molar-refractivity contribution in [2.75, 3.05) is 19.0 Å². The monoisotopic (exact) mass is 534 g/mol. The third-order valence-electron chi connectivity index (χ3n) is 5.93. The first-order valence-corrected chi connectivity index (χ1v) is 13.0. The van der Waals surface area contributed by atoms with Crippen LogP contribution in [-0.4, -0.2) is 40.6 Å². The maximum atomic E-state index is 13.4. The molecule has 4 aromatic rings. The van der Waals surface area contributed by atoms with Crippen LogP contribution in [0.3, 0.4) is 0 Å². The number of hydrogen-bond acceptors (Lipinski definition) is 6. The summed E-state index contributed by atoms with van der Waals surface area (Å²) >= 11 is 7.23. The van der Waals surface area contributed by atoms with Crippen LogP contribution in [0.25, 0.3) is 10.6 Å². The zero-order valence-electron chi connectivity index (χ0n) is 20.6. The molecule has 0 aliphatic rings. The fourth-order valence-electron chi connectivity index (χ4n) is 3.85. The second-order valence-electron chi connectivity index (χ2n) is 8.42. The highest BCUT2D eigenvalue weighted by molar-refractivity contribution is 7.18. The van der Waals surface area contributed by atoms with Gasteiger partial charge < -0.3 is 15.0 Å². The first-order valence-electron chi connectivity index (χ1n) is 11.8. The Bertz CT molecular complexity index is 1330. The molecule has 0 spiro atoms. The van der Waals surface area contributed by atoms with Gasteiger partial charge in [-0.1, -0.05) is 77.5 Å². The fraction of sp³-hybridized carbons (Fsp3) is 0.214. The molecule has 0 radical (unpaired) electrons. The van der Waals surface area contributed by atoms with E-state index in [4.69, 9.17) is 16.3 Å². The van der Waals surface area contributed by atoms with Crippen LogP contribution < -0.4 is 10.1 Å². The van der Waals surface area contributed by atoms with Gasteiger partial charge >= 0.3 is 0 Å². The molecule has 0 saturated heterocycles. The highest BCUT2D eigenvalue weighted by Crippen LogP contribution is 2.28. The van der Waals surface area contributed by atoms with Crippen LogP contribution in [0.4, 0.5) is 5.13 Å². The minimum atomic E-state index is -0.235. The molecule has 0 fully saturated rings. The van der Waals surface area contributed by atoms with Crippen molar-refractivity contribution in [3.63, 3.8) is 0 Å². The smallest absolute Gasteiger partial charge is 0.227 e. The molecule has 0 aliphatic carbocycles. The largest absolute Gasteiger partial charge is 0.497 e. The maximum absolute atomic E-state index is 13.4. The summed E-state index contributed by atoms with van der Waals surface area (Å²) < 4.78 is 5.21. The van der Waals surface area contributed by atoms with Gasteiger partial charge in [0.15, 0.2) is 0 Å². The molecule has 0 aliphatic heterocycles. The summed E-state index contributed by atoms with van der Waals surface area (Å²) in [6, 6.07) is 24.3. The van der Waals surface area contributed by atoms with Gasteiger partial charge in [0.05, 0.1) is 19.6 Å². The first-order chi connectivity index (χ1) is 17.9. The molecule has 37 heavy (non-hydrogen) atoms. The number of nitrogens with zero attached hydrogens (tertiary/aromatic N) is 3. The maximum Gasteiger partial charge on any atom is 0.227 e. The molecule has 0 bridgehead atoms. The number of methoxy groups -OCH3 is 1. The Hall–Kier alpha value is -3.75. The molecule has 1 unspecified atom stereocenters. The summed E-state index contributed by atoms with van der Waals surface area (Å²) in [5, 5.41) is 12.8. The molecule has 7 nitrogen and oxygen atoms in total. The summed E-state index contributed by atoms with van der Waals surface area (Å²) in [5.74, 6) is 0.440. The Kier molecular flexibility index (Phi) is 8.87. The molecule has 1 atom stereocenters. The molecule has 0 saturated carbocycles. The number of hydrogen-bond donors (Lipinski definition) is 1. The first kappa shape index (κ1) is 26.3. The number of benzene rings is 3. The Morgan fingerprint density at radius 3 is 2.38 bits per heavy atom. The molecular weight excluding hydrogens is 508 g/mol. The van der Waals surface area contributed by atoms with Gasteiger partial charge in [-0.3, -0.25) is 9.59 Å². The average molecular weight is 535 g/mol. The predicted octanol–water partition coefficient (Wildman–Crippen LogP) is 6.03. The fourth-order valence-corrected chi connectivity index (χ4v) is 4.74. The number of nitrogens with one attached hydrogen (secondary N) is 1. The second-order valence-corrected chi connectivity index (χ2v) is 9.83. The van der Waals surface area contributed by atoms with Gasteiger partial charge in [-0.2, -0.15) is 0 Å². The second kappa shape index (κ2) is 12.5.